The predicted octanol–water partition coefficient (Wildman–Crippen LogP) is 3.50. The van der Waals surface area contributed by atoms with E-state index in [0.29, 0.717) is 12.5 Å². The molecule has 0 aliphatic carbocycles. The van der Waals surface area contributed by atoms with Gasteiger partial charge in [-0.15, -0.1) is 6.58 Å². The maximum atomic E-state index is 6.19. The van der Waals surface area contributed by atoms with E-state index < -0.39 is 0 Å². The lowest BCUT2D eigenvalue weighted by Crippen LogP contribution is -1.98. The molecular formula is C11H17ClO. The largest absolute Gasteiger partial charge is 0.376 e. The third-order valence-electron chi connectivity index (χ3n) is 2.39. The van der Waals surface area contributed by atoms with Crippen LogP contribution < -0.4 is 0 Å². The monoisotopic (exact) mass is 200 g/mol. The summed E-state index contributed by atoms with van der Waals surface area (Å²) in [4.78, 5) is 0. The van der Waals surface area contributed by atoms with Gasteiger partial charge in [-0.2, -0.15) is 0 Å². The van der Waals surface area contributed by atoms with E-state index in [2.05, 4.69) is 13.5 Å². The average Bonchev–Trinajstić information content (AvgIpc) is 2.61. The van der Waals surface area contributed by atoms with Gasteiger partial charge in [0.25, 0.3) is 0 Å². The zero-order valence-corrected chi connectivity index (χ0v) is 8.94. The number of hydrogen-bond acceptors (Lipinski definition) is 1. The molecule has 1 saturated heterocycles. The maximum Gasteiger partial charge on any atom is 0.0698 e. The highest BCUT2D eigenvalue weighted by Gasteiger charge is 2.21. The molecule has 0 spiro atoms. The van der Waals surface area contributed by atoms with Crippen LogP contribution in [0.15, 0.2) is 23.3 Å². The molecule has 0 N–H and O–H groups in total. The van der Waals surface area contributed by atoms with Gasteiger partial charge >= 0.3 is 0 Å². The van der Waals surface area contributed by atoms with Crippen molar-refractivity contribution in [2.24, 2.45) is 5.92 Å². The molecule has 1 heterocycles. The second-order valence-electron chi connectivity index (χ2n) is 3.39. The zero-order chi connectivity index (χ0) is 9.68. The van der Waals surface area contributed by atoms with E-state index in [1.54, 1.807) is 0 Å². The second kappa shape index (κ2) is 5.46. The molecule has 2 heteroatoms. The summed E-state index contributed by atoms with van der Waals surface area (Å²) in [5.41, 5.74) is 1.24. The zero-order valence-electron chi connectivity index (χ0n) is 8.18. The van der Waals surface area contributed by atoms with Crippen LogP contribution in [0.2, 0.25) is 0 Å². The SMILES string of the molecule is C=CC1COC/C1=C(/Cl)CCCC. The van der Waals surface area contributed by atoms with Crippen molar-refractivity contribution < 1.29 is 4.74 Å². The molecule has 1 rings (SSSR count). The summed E-state index contributed by atoms with van der Waals surface area (Å²) in [5.74, 6) is 0.351. The van der Waals surface area contributed by atoms with E-state index in [0.717, 1.165) is 24.5 Å². The lowest BCUT2D eigenvalue weighted by atomic mass is 10.0. The summed E-state index contributed by atoms with van der Waals surface area (Å²) >= 11 is 6.19. The van der Waals surface area contributed by atoms with Gasteiger partial charge in [0.2, 0.25) is 0 Å². The van der Waals surface area contributed by atoms with Gasteiger partial charge in [0.1, 0.15) is 0 Å². The van der Waals surface area contributed by atoms with Crippen LogP contribution in [0.3, 0.4) is 0 Å². The molecule has 13 heavy (non-hydrogen) atoms. The Morgan fingerprint density at radius 3 is 3.15 bits per heavy atom. The lowest BCUT2D eigenvalue weighted by Gasteiger charge is -2.06. The minimum absolute atomic E-state index is 0.351. The number of ether oxygens (including phenoxy) is 1. The first kappa shape index (κ1) is 10.8. The van der Waals surface area contributed by atoms with Crippen molar-refractivity contribution in [2.75, 3.05) is 13.2 Å². The van der Waals surface area contributed by atoms with Gasteiger partial charge in [-0.1, -0.05) is 31.0 Å². The quantitative estimate of drug-likeness (QED) is 0.632. The first-order valence-corrected chi connectivity index (χ1v) is 5.25. The van der Waals surface area contributed by atoms with E-state index in [-0.39, 0.29) is 0 Å². The molecule has 0 radical (unpaired) electrons. The van der Waals surface area contributed by atoms with Crippen LogP contribution >= 0.6 is 11.6 Å². The van der Waals surface area contributed by atoms with Crippen LogP contribution in [-0.4, -0.2) is 13.2 Å². The Hall–Kier alpha value is -0.270. The average molecular weight is 201 g/mol. The first-order chi connectivity index (χ1) is 6.29. The van der Waals surface area contributed by atoms with Crippen molar-refractivity contribution >= 4 is 11.6 Å². The van der Waals surface area contributed by atoms with Crippen molar-refractivity contribution in [3.05, 3.63) is 23.3 Å². The predicted molar refractivity (Wildman–Crippen MR) is 56.9 cm³/mol. The van der Waals surface area contributed by atoms with E-state index in [4.69, 9.17) is 16.3 Å². The fourth-order valence-corrected chi connectivity index (χ4v) is 1.81. The van der Waals surface area contributed by atoms with Crippen molar-refractivity contribution in [2.45, 2.75) is 26.2 Å². The smallest absolute Gasteiger partial charge is 0.0698 e. The molecule has 74 valence electrons. The Balaban J connectivity index is 2.59. The normalized spacial score (nSPS) is 26.2. The van der Waals surface area contributed by atoms with Gasteiger partial charge in [0.05, 0.1) is 13.2 Å². The van der Waals surface area contributed by atoms with E-state index in [1.807, 2.05) is 6.08 Å². The highest BCUT2D eigenvalue weighted by Crippen LogP contribution is 2.28. The van der Waals surface area contributed by atoms with Crippen molar-refractivity contribution in [1.82, 2.24) is 0 Å². The number of hydrogen-bond donors (Lipinski definition) is 0. The van der Waals surface area contributed by atoms with Crippen LogP contribution in [0.5, 0.6) is 0 Å². The fourth-order valence-electron chi connectivity index (χ4n) is 1.49. The molecule has 0 aromatic rings. The summed E-state index contributed by atoms with van der Waals surface area (Å²) in [5, 5.41) is 0.990. The van der Waals surface area contributed by atoms with Crippen LogP contribution in [-0.2, 0) is 4.74 Å². The highest BCUT2D eigenvalue weighted by atomic mass is 35.5. The summed E-state index contributed by atoms with van der Waals surface area (Å²) < 4.78 is 5.35. The molecule has 1 nitrogen and oxygen atoms in total. The summed E-state index contributed by atoms with van der Waals surface area (Å²) in [7, 11) is 0. The Bertz CT molecular complexity index is 208. The van der Waals surface area contributed by atoms with Gasteiger partial charge in [0, 0.05) is 11.0 Å². The molecule has 0 aromatic heterocycles. The van der Waals surface area contributed by atoms with Crippen LogP contribution in [0.1, 0.15) is 26.2 Å². The molecule has 0 amide bonds. The van der Waals surface area contributed by atoms with E-state index >= 15 is 0 Å². The number of allylic oxidation sites excluding steroid dienone is 1. The Labute approximate surface area is 85.4 Å². The molecular weight excluding hydrogens is 184 g/mol. The lowest BCUT2D eigenvalue weighted by molar-refractivity contribution is 0.195. The molecule has 0 saturated carbocycles. The van der Waals surface area contributed by atoms with E-state index in [1.165, 1.54) is 12.0 Å². The molecule has 1 unspecified atom stereocenters. The van der Waals surface area contributed by atoms with Crippen molar-refractivity contribution in [1.29, 1.82) is 0 Å². The summed E-state index contributed by atoms with van der Waals surface area (Å²) in [6, 6.07) is 0. The Morgan fingerprint density at radius 2 is 2.54 bits per heavy atom. The third kappa shape index (κ3) is 2.85. The third-order valence-corrected chi connectivity index (χ3v) is 2.82. The Kier molecular flexibility index (Phi) is 4.54. The minimum Gasteiger partial charge on any atom is -0.376 e. The Morgan fingerprint density at radius 1 is 1.77 bits per heavy atom. The molecule has 1 aliphatic heterocycles. The highest BCUT2D eigenvalue weighted by molar-refractivity contribution is 6.30. The molecule has 1 fully saturated rings. The van der Waals surface area contributed by atoms with E-state index in [9.17, 15) is 0 Å². The van der Waals surface area contributed by atoms with Gasteiger partial charge in [-0.05, 0) is 18.4 Å². The van der Waals surface area contributed by atoms with Crippen LogP contribution in [0, 0.1) is 5.92 Å². The van der Waals surface area contributed by atoms with Gasteiger partial charge in [0.15, 0.2) is 0 Å². The van der Waals surface area contributed by atoms with Crippen molar-refractivity contribution in [3.63, 3.8) is 0 Å². The maximum absolute atomic E-state index is 6.19. The first-order valence-electron chi connectivity index (χ1n) is 4.87. The molecule has 0 aromatic carbocycles. The number of rotatable bonds is 4. The summed E-state index contributed by atoms with van der Waals surface area (Å²) in [6.45, 7) is 7.40. The van der Waals surface area contributed by atoms with Crippen LogP contribution in [0.4, 0.5) is 0 Å². The van der Waals surface area contributed by atoms with Gasteiger partial charge < -0.3 is 4.74 Å². The fraction of sp³-hybridized carbons (Fsp3) is 0.636. The molecule has 0 bridgehead atoms. The minimum atomic E-state index is 0.351. The molecule has 1 aliphatic rings. The van der Waals surface area contributed by atoms with Crippen LogP contribution in [0.25, 0.3) is 0 Å². The van der Waals surface area contributed by atoms with Gasteiger partial charge in [-0.3, -0.25) is 0 Å². The van der Waals surface area contributed by atoms with Crippen molar-refractivity contribution in [3.8, 4) is 0 Å². The summed E-state index contributed by atoms with van der Waals surface area (Å²) in [6.07, 6.45) is 5.26. The number of halogens is 1. The standard InChI is InChI=1S/C11H17ClO/c1-3-5-6-11(12)10-8-13-7-9(10)4-2/h4,9H,2-3,5-8H2,1H3/b11-10-. The number of unbranched alkanes of at least 4 members (excludes halogenated alkanes) is 1. The molecule has 1 atom stereocenters. The topological polar surface area (TPSA) is 9.23 Å². The second-order valence-corrected chi connectivity index (χ2v) is 3.85. The van der Waals surface area contributed by atoms with Gasteiger partial charge in [-0.25, -0.2) is 0 Å².